The van der Waals surface area contributed by atoms with Gasteiger partial charge in [0.05, 0.1) is 5.69 Å². The van der Waals surface area contributed by atoms with Crippen molar-refractivity contribution in [3.05, 3.63) is 22.7 Å². The van der Waals surface area contributed by atoms with E-state index in [4.69, 9.17) is 5.73 Å². The number of ether oxygens (including phenoxy) is 1. The summed E-state index contributed by atoms with van der Waals surface area (Å²) in [4.78, 5) is 3.97. The van der Waals surface area contributed by atoms with E-state index >= 15 is 0 Å². The summed E-state index contributed by atoms with van der Waals surface area (Å²) in [6.07, 6.45) is -4.78. The molecule has 0 bridgehead atoms. The third-order valence-corrected chi connectivity index (χ3v) is 2.32. The number of nitrogens with one attached hydrogen (secondary N) is 1. The summed E-state index contributed by atoms with van der Waals surface area (Å²) in [7, 11) is 0. The lowest BCUT2D eigenvalue weighted by Gasteiger charge is -2.15. The van der Waals surface area contributed by atoms with E-state index in [9.17, 15) is 13.2 Å². The normalized spacial score (nSPS) is 12.7. The first kappa shape index (κ1) is 15.6. The second kappa shape index (κ2) is 6.14. The highest BCUT2D eigenvalue weighted by Crippen LogP contribution is 2.32. The Morgan fingerprint density at radius 1 is 1.42 bits per heavy atom. The van der Waals surface area contributed by atoms with Crippen LogP contribution >= 0.6 is 15.9 Å². The topological polar surface area (TPSA) is 59.6 Å². The Kier molecular flexibility index (Phi) is 5.04. The quantitative estimate of drug-likeness (QED) is 0.654. The second-order valence-corrected chi connectivity index (χ2v) is 4.84. The van der Waals surface area contributed by atoms with Gasteiger partial charge in [0.1, 0.15) is 0 Å². The van der Waals surface area contributed by atoms with Crippen LogP contribution in [0.2, 0.25) is 0 Å². The minimum absolute atomic E-state index is 0.0179. The molecule has 0 saturated heterocycles. The number of halogens is 4. The fourth-order valence-corrected chi connectivity index (χ4v) is 1.60. The van der Waals surface area contributed by atoms with E-state index in [1.807, 2.05) is 0 Å². The summed E-state index contributed by atoms with van der Waals surface area (Å²) >= 11 is 3.07. The molecule has 3 N–H and O–H groups in total. The highest BCUT2D eigenvalue weighted by Gasteiger charge is 2.32. The van der Waals surface area contributed by atoms with Crippen LogP contribution in [-0.2, 0) is 0 Å². The molecule has 0 aromatic heterocycles. The number of guanidine groups is 1. The fourth-order valence-electron chi connectivity index (χ4n) is 1.26. The second-order valence-electron chi connectivity index (χ2n) is 3.92. The van der Waals surface area contributed by atoms with Crippen LogP contribution in [0.4, 0.5) is 18.9 Å². The molecule has 1 rings (SSSR count). The van der Waals surface area contributed by atoms with Crippen molar-refractivity contribution in [2.24, 2.45) is 10.7 Å². The molecule has 4 nitrogen and oxygen atoms in total. The molecule has 0 aliphatic rings. The Morgan fingerprint density at radius 2 is 2.05 bits per heavy atom. The summed E-state index contributed by atoms with van der Waals surface area (Å²) in [6, 6.07) is 4.09. The predicted octanol–water partition coefficient (Wildman–Crippen LogP) is 3.48. The highest BCUT2D eigenvalue weighted by atomic mass is 79.9. The van der Waals surface area contributed by atoms with Gasteiger partial charge in [-0.15, -0.1) is 13.2 Å². The van der Waals surface area contributed by atoms with Gasteiger partial charge in [0.2, 0.25) is 0 Å². The number of nitrogens with two attached hydrogens (primary N) is 1. The number of benzene rings is 1. The van der Waals surface area contributed by atoms with E-state index in [1.165, 1.54) is 12.1 Å². The van der Waals surface area contributed by atoms with E-state index in [-0.39, 0.29) is 23.4 Å². The van der Waals surface area contributed by atoms with Gasteiger partial charge in [-0.2, -0.15) is 0 Å². The first-order valence-corrected chi connectivity index (χ1v) is 6.12. The molecule has 0 unspecified atom stereocenters. The summed E-state index contributed by atoms with van der Waals surface area (Å²) < 4.78 is 41.2. The average Bonchev–Trinajstić information content (AvgIpc) is 2.18. The van der Waals surface area contributed by atoms with Gasteiger partial charge in [-0.1, -0.05) is 15.9 Å². The van der Waals surface area contributed by atoms with Crippen LogP contribution in [-0.4, -0.2) is 18.4 Å². The molecule has 0 saturated carbocycles. The maximum absolute atomic E-state index is 12.3. The summed E-state index contributed by atoms with van der Waals surface area (Å²) in [5.41, 5.74) is 5.65. The third kappa shape index (κ3) is 5.82. The van der Waals surface area contributed by atoms with Crippen molar-refractivity contribution in [3.63, 3.8) is 0 Å². The molecule has 0 fully saturated rings. The van der Waals surface area contributed by atoms with Crippen molar-refractivity contribution in [1.29, 1.82) is 0 Å². The Labute approximate surface area is 117 Å². The number of rotatable bonds is 3. The van der Waals surface area contributed by atoms with Gasteiger partial charge in [0.25, 0.3) is 0 Å². The number of aliphatic imine (C=N–C) groups is 1. The SMILES string of the molecule is CC(C)N=C(N)Nc1ccc(Br)cc1OC(F)(F)F. The highest BCUT2D eigenvalue weighted by molar-refractivity contribution is 9.10. The minimum atomic E-state index is -4.78. The maximum Gasteiger partial charge on any atom is 0.573 e. The molecule has 106 valence electrons. The first-order chi connectivity index (χ1) is 8.67. The van der Waals surface area contributed by atoms with Crippen molar-refractivity contribution in [3.8, 4) is 5.75 Å². The van der Waals surface area contributed by atoms with Crippen molar-refractivity contribution in [2.45, 2.75) is 26.3 Å². The zero-order chi connectivity index (χ0) is 14.6. The lowest BCUT2D eigenvalue weighted by molar-refractivity contribution is -0.274. The molecule has 0 spiro atoms. The van der Waals surface area contributed by atoms with Crippen LogP contribution in [0.3, 0.4) is 0 Å². The predicted molar refractivity (Wildman–Crippen MR) is 71.2 cm³/mol. The smallest absolute Gasteiger partial charge is 0.404 e. The molecule has 8 heteroatoms. The summed E-state index contributed by atoms with van der Waals surface area (Å²) in [5.74, 6) is -0.367. The molecule has 19 heavy (non-hydrogen) atoms. The molecule has 1 aromatic rings. The molecule has 0 radical (unpaired) electrons. The van der Waals surface area contributed by atoms with Gasteiger partial charge in [-0.3, -0.25) is 4.99 Å². The minimum Gasteiger partial charge on any atom is -0.404 e. The van der Waals surface area contributed by atoms with E-state index in [1.54, 1.807) is 19.9 Å². The molecule has 0 amide bonds. The Morgan fingerprint density at radius 3 is 2.58 bits per heavy atom. The van der Waals surface area contributed by atoms with E-state index in [2.05, 4.69) is 31.0 Å². The lowest BCUT2D eigenvalue weighted by atomic mass is 10.3. The van der Waals surface area contributed by atoms with Crippen molar-refractivity contribution in [1.82, 2.24) is 0 Å². The average molecular weight is 340 g/mol. The van der Waals surface area contributed by atoms with Gasteiger partial charge in [0.15, 0.2) is 11.7 Å². The van der Waals surface area contributed by atoms with Gasteiger partial charge < -0.3 is 15.8 Å². The number of alkyl halides is 3. The van der Waals surface area contributed by atoms with Crippen LogP contribution in [0.25, 0.3) is 0 Å². The summed E-state index contributed by atoms with van der Waals surface area (Å²) in [5, 5.41) is 2.57. The Bertz CT molecular complexity index is 475. The summed E-state index contributed by atoms with van der Waals surface area (Å²) in [6.45, 7) is 3.59. The molecular formula is C11H13BrF3N3O. The van der Waals surface area contributed by atoms with Gasteiger partial charge in [-0.25, -0.2) is 0 Å². The zero-order valence-electron chi connectivity index (χ0n) is 10.3. The van der Waals surface area contributed by atoms with Crippen LogP contribution in [0.1, 0.15) is 13.8 Å². The van der Waals surface area contributed by atoms with Crippen LogP contribution in [0.15, 0.2) is 27.7 Å². The van der Waals surface area contributed by atoms with Crippen LogP contribution in [0.5, 0.6) is 5.75 Å². The molecule has 1 aromatic carbocycles. The molecule has 0 atom stereocenters. The fraction of sp³-hybridized carbons (Fsp3) is 0.364. The van der Waals surface area contributed by atoms with Crippen molar-refractivity contribution in [2.75, 3.05) is 5.32 Å². The van der Waals surface area contributed by atoms with Crippen LogP contribution in [0, 0.1) is 0 Å². The number of hydrogen-bond donors (Lipinski definition) is 2. The van der Waals surface area contributed by atoms with Crippen LogP contribution < -0.4 is 15.8 Å². The van der Waals surface area contributed by atoms with Gasteiger partial charge in [0, 0.05) is 10.5 Å². The van der Waals surface area contributed by atoms with Gasteiger partial charge in [-0.05, 0) is 32.0 Å². The van der Waals surface area contributed by atoms with E-state index < -0.39 is 6.36 Å². The largest absolute Gasteiger partial charge is 0.573 e. The van der Waals surface area contributed by atoms with Gasteiger partial charge >= 0.3 is 6.36 Å². The van der Waals surface area contributed by atoms with Crippen molar-refractivity contribution >= 4 is 27.6 Å². The Hall–Kier alpha value is -1.44. The number of hydrogen-bond acceptors (Lipinski definition) is 2. The molecular weight excluding hydrogens is 327 g/mol. The number of nitrogens with zero attached hydrogens (tertiary/aromatic N) is 1. The molecule has 0 aliphatic heterocycles. The number of anilines is 1. The Balaban J connectivity index is 3.00. The maximum atomic E-state index is 12.3. The zero-order valence-corrected chi connectivity index (χ0v) is 11.8. The monoisotopic (exact) mass is 339 g/mol. The van der Waals surface area contributed by atoms with E-state index in [0.717, 1.165) is 0 Å². The van der Waals surface area contributed by atoms with E-state index in [0.29, 0.717) is 4.47 Å². The molecule has 0 heterocycles. The first-order valence-electron chi connectivity index (χ1n) is 5.33. The third-order valence-electron chi connectivity index (χ3n) is 1.83. The standard InChI is InChI=1S/C11H13BrF3N3O/c1-6(2)17-10(16)18-8-4-3-7(12)5-9(8)19-11(13,14)15/h3-6H,1-2H3,(H3,16,17,18). The lowest BCUT2D eigenvalue weighted by Crippen LogP contribution is -2.25. The van der Waals surface area contributed by atoms with Crippen molar-refractivity contribution < 1.29 is 17.9 Å². The molecule has 0 aliphatic carbocycles.